The number of hydrogen-bond donors (Lipinski definition) is 2. The Hall–Kier alpha value is -8.93. The number of azide groups is 2. The molecule has 11 unspecified atom stereocenters. The van der Waals surface area contributed by atoms with E-state index < -0.39 is 183 Å². The van der Waals surface area contributed by atoms with E-state index in [2.05, 4.69) is 30.7 Å². The molecule has 8 rings (SSSR count). The second-order valence-corrected chi connectivity index (χ2v) is 26.9. The van der Waals surface area contributed by atoms with Crippen LogP contribution < -0.4 is 26.7 Å². The van der Waals surface area contributed by atoms with Gasteiger partial charge in [-0.1, -0.05) is 133 Å². The zero-order chi connectivity index (χ0) is 74.4. The van der Waals surface area contributed by atoms with Crippen molar-refractivity contribution in [3.05, 3.63) is 152 Å². The summed E-state index contributed by atoms with van der Waals surface area (Å²) in [6, 6.07) is 30.5. The first-order valence-corrected chi connectivity index (χ1v) is 32.8. The van der Waals surface area contributed by atoms with Gasteiger partial charge in [0.2, 0.25) is 17.6 Å². The molecule has 0 spiro atoms. The third-order valence-corrected chi connectivity index (χ3v) is 18.2. The van der Waals surface area contributed by atoms with E-state index in [0.29, 0.717) is 16.6 Å². The van der Waals surface area contributed by atoms with Crippen LogP contribution in [0, 0.1) is 11.8 Å². The van der Waals surface area contributed by atoms with Crippen LogP contribution in [0.4, 0.5) is 0 Å². The monoisotopic (exact) mass is 1400 g/mol. The van der Waals surface area contributed by atoms with E-state index in [1.165, 1.54) is 27.7 Å². The van der Waals surface area contributed by atoms with Crippen molar-refractivity contribution in [1.82, 2.24) is 10.6 Å². The number of rotatable bonds is 26. The fourth-order valence-electron chi connectivity index (χ4n) is 11.7. The summed E-state index contributed by atoms with van der Waals surface area (Å²) < 4.78 is 78.0. The molecule has 4 aromatic carbocycles. The molecular formula is C69H87B2N8O22-. The number of ether oxygens (including phenoxy) is 9. The average molecular weight is 1400 g/mol. The lowest BCUT2D eigenvalue weighted by molar-refractivity contribution is -0.386. The number of nitrogens with zero attached hydrogens (tertiary/aromatic N) is 6. The second kappa shape index (κ2) is 34.2. The molecule has 0 aromatic heterocycles. The van der Waals surface area contributed by atoms with Crippen molar-refractivity contribution in [2.24, 2.45) is 22.1 Å². The van der Waals surface area contributed by atoms with Crippen LogP contribution in [0.5, 0.6) is 0 Å². The Morgan fingerprint density at radius 3 is 1.46 bits per heavy atom. The SMILES string of the molecule is CC(=O)OCC1OC(OC(c2ccccc2)c2ccc(B3OC(C)(C)C(C)(C)O3)cc2)C(NC(=O)CN=[N+]=[N-])C(C)C1OC(C)=O.CC(=O)OC[C@@H](C)[C@@H](OC(C)=O)C1OC(OC(c2ccccc2)c2ccc(B3OC(C)(C)C(C)(C)O3)cc2)(C(=O)[O-])CC(OC(C)=O)C1NC(=O)CN=[N+]=[N-]. The minimum absolute atomic E-state index is 0.213. The van der Waals surface area contributed by atoms with E-state index in [0.717, 1.165) is 30.4 Å². The van der Waals surface area contributed by atoms with Crippen molar-refractivity contribution in [2.45, 2.75) is 200 Å². The van der Waals surface area contributed by atoms with Crippen LogP contribution in [0.2, 0.25) is 0 Å². The van der Waals surface area contributed by atoms with Gasteiger partial charge in [0.15, 0.2) is 6.29 Å². The second-order valence-electron chi connectivity index (χ2n) is 26.9. The molecule has 101 heavy (non-hydrogen) atoms. The minimum atomic E-state index is -2.73. The predicted molar refractivity (Wildman–Crippen MR) is 359 cm³/mol. The van der Waals surface area contributed by atoms with Crippen LogP contribution in [0.15, 0.2) is 119 Å². The summed E-state index contributed by atoms with van der Waals surface area (Å²) in [5.74, 6) is -11.0. The molecule has 0 radical (unpaired) electrons. The molecule has 4 aliphatic heterocycles. The number of benzene rings is 4. The highest BCUT2D eigenvalue weighted by Gasteiger charge is 2.58. The molecule has 2 N–H and O–H groups in total. The maximum absolute atomic E-state index is 13.4. The van der Waals surface area contributed by atoms with Gasteiger partial charge in [-0.05, 0) is 99.6 Å². The van der Waals surface area contributed by atoms with Gasteiger partial charge in [-0.15, -0.1) is 0 Å². The molecular weight excluding hydrogens is 1310 g/mol. The van der Waals surface area contributed by atoms with Gasteiger partial charge < -0.3 is 81.8 Å². The van der Waals surface area contributed by atoms with E-state index in [-0.39, 0.29) is 13.2 Å². The van der Waals surface area contributed by atoms with E-state index in [1.54, 1.807) is 61.5 Å². The Bertz CT molecular complexity index is 3640. The van der Waals surface area contributed by atoms with Crippen LogP contribution >= 0.6 is 0 Å². The lowest BCUT2D eigenvalue weighted by Gasteiger charge is -2.51. The maximum atomic E-state index is 13.4. The lowest BCUT2D eigenvalue weighted by Crippen LogP contribution is -2.70. The topological polar surface area (TPSA) is 401 Å². The van der Waals surface area contributed by atoms with Crippen molar-refractivity contribution in [1.29, 1.82) is 0 Å². The van der Waals surface area contributed by atoms with Gasteiger partial charge in [-0.25, -0.2) is 0 Å². The van der Waals surface area contributed by atoms with E-state index in [4.69, 9.17) is 72.3 Å². The van der Waals surface area contributed by atoms with Crippen molar-refractivity contribution in [3.63, 3.8) is 0 Å². The zero-order valence-electron chi connectivity index (χ0n) is 59.2. The standard InChI is InChI=1S/C37H47BN4O13.C32H41BN4O9/c1-21(20-49-22(2)43)31(51-24(4)45)33-30(41-29(46)19-40-42-39)28(50-23(3)44)18-37(53-33,34(47)48)52-32(25-12-10-9-11-13-25)26-14-16-27(17-15-26)38-54-35(5,6)36(7,8)55-38;1-19-27(36-26(40)17-35-37-34)30(43-25(18-41-20(2)38)28(19)42-21(3)39)44-29(22-11-9-8-10-12-22)23-13-15-24(16-14-23)33-45-31(4,5)32(6,7)46-33/h9-17,21,28,30-33H,18-20H2,1-8H3,(H,41,46)(H,47,48);8-16,19,25,27-30H,17-18H2,1-7H3,(H,36,40)/p-1/t21-,28?,30?,31-,32?,33?,37?;/m1./s1. The molecule has 542 valence electrons. The van der Waals surface area contributed by atoms with Crippen LogP contribution in [-0.4, -0.2) is 165 Å². The Labute approximate surface area is 586 Å². The number of carbonyl (C=O) groups is 8. The largest absolute Gasteiger partial charge is 0.544 e. The zero-order valence-corrected chi connectivity index (χ0v) is 59.2. The summed E-state index contributed by atoms with van der Waals surface area (Å²) in [7, 11) is -1.23. The molecule has 0 aliphatic carbocycles. The number of carboxylic acids is 1. The highest BCUT2D eigenvalue weighted by Crippen LogP contribution is 2.43. The summed E-state index contributed by atoms with van der Waals surface area (Å²) in [6.07, 6.45) is -10.1. The summed E-state index contributed by atoms with van der Waals surface area (Å²) in [5, 5.41) is 25.5. The lowest BCUT2D eigenvalue weighted by atomic mass is 9.78. The molecule has 13 atom stereocenters. The Balaban J connectivity index is 0.000000288. The van der Waals surface area contributed by atoms with Crippen molar-refractivity contribution in [2.75, 3.05) is 26.3 Å². The van der Waals surface area contributed by atoms with E-state index >= 15 is 0 Å². The normalized spacial score (nSPS) is 24.9. The molecule has 4 aromatic rings. The highest BCUT2D eigenvalue weighted by atomic mass is 16.7. The molecule has 30 nitrogen and oxygen atoms in total. The fraction of sp³-hybridized carbons (Fsp3) is 0.536. The van der Waals surface area contributed by atoms with Gasteiger partial charge in [-0.3, -0.25) is 33.6 Å². The van der Waals surface area contributed by atoms with Crippen molar-refractivity contribution < 1.29 is 105 Å². The Morgan fingerprint density at radius 1 is 0.594 bits per heavy atom. The van der Waals surface area contributed by atoms with Crippen LogP contribution in [0.25, 0.3) is 20.9 Å². The van der Waals surface area contributed by atoms with Crippen LogP contribution in [0.3, 0.4) is 0 Å². The van der Waals surface area contributed by atoms with Gasteiger partial charge in [-0.2, -0.15) is 0 Å². The first kappa shape index (κ1) is 79.4. The Kier molecular flexibility index (Phi) is 26.9. The van der Waals surface area contributed by atoms with Crippen molar-refractivity contribution in [3.8, 4) is 0 Å². The van der Waals surface area contributed by atoms with Gasteiger partial charge in [0, 0.05) is 62.7 Å². The quantitative estimate of drug-likeness (QED) is 0.0184. The third-order valence-electron chi connectivity index (χ3n) is 18.2. The third kappa shape index (κ3) is 20.4. The minimum Gasteiger partial charge on any atom is -0.544 e. The predicted octanol–water partition coefficient (Wildman–Crippen LogP) is 5.93. The van der Waals surface area contributed by atoms with Gasteiger partial charge in [0.05, 0.1) is 41.1 Å². The molecule has 4 saturated heterocycles. The summed E-state index contributed by atoms with van der Waals surface area (Å²) in [5.41, 5.74) is 19.4. The number of amides is 2. The molecule has 4 fully saturated rings. The first-order valence-electron chi connectivity index (χ1n) is 32.8. The number of esters is 5. The highest BCUT2D eigenvalue weighted by molar-refractivity contribution is 6.62. The van der Waals surface area contributed by atoms with Gasteiger partial charge in [0.25, 0.3) is 0 Å². The van der Waals surface area contributed by atoms with Gasteiger partial charge >= 0.3 is 44.1 Å². The number of carboxylic acid groups (broad SMARTS) is 1. The number of carbonyl (C=O) groups excluding carboxylic acids is 8. The fourth-order valence-corrected chi connectivity index (χ4v) is 11.7. The van der Waals surface area contributed by atoms with E-state index in [1.807, 2.05) is 110 Å². The summed E-state index contributed by atoms with van der Waals surface area (Å²) in [4.78, 5) is 105. The number of aliphatic carboxylic acids is 1. The first-order chi connectivity index (χ1) is 47.5. The summed E-state index contributed by atoms with van der Waals surface area (Å²) in [6.45, 7) is 23.2. The Morgan fingerprint density at radius 2 is 1.03 bits per heavy atom. The van der Waals surface area contributed by atoms with E-state index in [9.17, 15) is 43.5 Å². The molecule has 2 amide bonds. The molecule has 0 bridgehead atoms. The molecule has 32 heteroatoms. The number of hydrogen-bond acceptors (Lipinski definition) is 24. The van der Waals surface area contributed by atoms with Crippen LogP contribution in [0.1, 0.15) is 145 Å². The number of nitrogens with one attached hydrogen (secondary N) is 2. The average Bonchev–Trinajstić information content (AvgIpc) is 1.71. The van der Waals surface area contributed by atoms with Crippen LogP contribution in [-0.2, 0) is 99.6 Å². The molecule has 4 aliphatic rings. The van der Waals surface area contributed by atoms with Crippen molar-refractivity contribution >= 4 is 72.8 Å². The molecule has 0 saturated carbocycles. The maximum Gasteiger partial charge on any atom is 0.494 e. The van der Waals surface area contributed by atoms with Gasteiger partial charge in [0.1, 0.15) is 68.4 Å². The smallest absolute Gasteiger partial charge is 0.494 e. The summed E-state index contributed by atoms with van der Waals surface area (Å²) >= 11 is 0. The molecule has 4 heterocycles.